The van der Waals surface area contributed by atoms with Crippen LogP contribution in [0, 0.1) is 0 Å². The van der Waals surface area contributed by atoms with Crippen LogP contribution in [0.2, 0.25) is 0 Å². The first-order chi connectivity index (χ1) is 28.2. The van der Waals surface area contributed by atoms with Crippen molar-refractivity contribution in [1.29, 1.82) is 0 Å². The van der Waals surface area contributed by atoms with Crippen molar-refractivity contribution in [2.24, 2.45) is 0 Å². The van der Waals surface area contributed by atoms with Gasteiger partial charge >= 0.3 is 0 Å². The number of hydrogen-bond acceptors (Lipinski definition) is 1. The number of fused-ring (bicyclic) bond motifs is 3. The molecule has 0 fully saturated rings. The van der Waals surface area contributed by atoms with E-state index in [-0.39, 0.29) is 63.3 Å². The maximum atomic E-state index is 9.79. The summed E-state index contributed by atoms with van der Waals surface area (Å²) in [5.41, 5.74) is 4.65. The third-order valence-corrected chi connectivity index (χ3v) is 11.9. The predicted octanol–water partition coefficient (Wildman–Crippen LogP) is 14.9. The first kappa shape index (κ1) is 21.7. The van der Waals surface area contributed by atoms with E-state index in [0.29, 0.717) is 10.3 Å². The molecular weight excluding hydrogens is 633 g/mol. The molecule has 12 rings (SSSR count). The smallest absolute Gasteiger partial charge is 0.0638 e. The lowest BCUT2D eigenvalue weighted by Gasteiger charge is -2.19. The summed E-state index contributed by atoms with van der Waals surface area (Å²) in [7, 11) is 0. The molecule has 0 bridgehead atoms. The van der Waals surface area contributed by atoms with Gasteiger partial charge in [-0.1, -0.05) is 145 Å². The van der Waals surface area contributed by atoms with Crippen LogP contribution in [0.3, 0.4) is 0 Å². The van der Waals surface area contributed by atoms with E-state index < -0.39 is 0 Å². The summed E-state index contributed by atoms with van der Waals surface area (Å²) < 4.78 is 63.5. The second-order valence-corrected chi connectivity index (χ2v) is 14.5. The molecule has 0 aliphatic carbocycles. The molecule has 1 heteroatoms. The average molecular weight is 668 g/mol. The second-order valence-electron chi connectivity index (χ2n) is 13.5. The summed E-state index contributed by atoms with van der Waals surface area (Å²) in [5.74, 6) is 0. The van der Waals surface area contributed by atoms with Crippen LogP contribution in [0.4, 0.5) is 0 Å². The molecule has 0 unspecified atom stereocenters. The summed E-state index contributed by atoms with van der Waals surface area (Å²) in [6.45, 7) is 0. The van der Waals surface area contributed by atoms with Gasteiger partial charge in [0.15, 0.2) is 0 Å². The van der Waals surface area contributed by atoms with Gasteiger partial charge in [0.05, 0.1) is 9.60 Å². The van der Waals surface area contributed by atoms with Crippen molar-refractivity contribution in [3.05, 3.63) is 170 Å². The van der Waals surface area contributed by atoms with E-state index in [2.05, 4.69) is 115 Å². The highest BCUT2D eigenvalue weighted by atomic mass is 32.1. The van der Waals surface area contributed by atoms with E-state index in [0.717, 1.165) is 65.9 Å². The predicted molar refractivity (Wildman–Crippen MR) is 223 cm³/mol. The van der Waals surface area contributed by atoms with Crippen LogP contribution < -0.4 is 0 Å². The molecule has 0 saturated carbocycles. The zero-order chi connectivity index (χ0) is 39.3. The van der Waals surface area contributed by atoms with Crippen LogP contribution in [0.1, 0.15) is 9.60 Å². The van der Waals surface area contributed by atoms with Crippen molar-refractivity contribution in [1.82, 2.24) is 0 Å². The van der Waals surface area contributed by atoms with Crippen molar-refractivity contribution < 1.29 is 9.60 Å². The van der Waals surface area contributed by atoms with E-state index in [1.807, 2.05) is 12.1 Å². The molecule has 0 saturated heterocycles. The molecule has 0 radical (unpaired) electrons. The highest BCUT2D eigenvalue weighted by Crippen LogP contribution is 2.46. The Morgan fingerprint density at radius 2 is 0.882 bits per heavy atom. The van der Waals surface area contributed by atoms with E-state index in [9.17, 15) is 4.11 Å². The molecule has 234 valence electrons. The van der Waals surface area contributed by atoms with Gasteiger partial charge in [-0.05, 0) is 122 Å². The Balaban J connectivity index is 1.21. The molecule has 0 aliphatic heterocycles. The third kappa shape index (κ3) is 3.84. The minimum absolute atomic E-state index is 0.0262. The first-order valence-electron chi connectivity index (χ1n) is 20.6. The maximum absolute atomic E-state index is 9.79. The summed E-state index contributed by atoms with van der Waals surface area (Å²) in [4.78, 5) is 0. The Morgan fingerprint density at radius 3 is 1.57 bits per heavy atom. The topological polar surface area (TPSA) is 0 Å². The van der Waals surface area contributed by atoms with Gasteiger partial charge in [-0.25, -0.2) is 0 Å². The average Bonchev–Trinajstić information content (AvgIpc) is 3.67. The van der Waals surface area contributed by atoms with Crippen LogP contribution in [-0.2, 0) is 0 Å². The Kier molecular flexibility index (Phi) is 4.32. The standard InChI is InChI=1S/C50H28S/c1-2-10-45-40(9-1)44-28-36(20-26-46(44)51-45)38-22-19-35(37-21-15-33-13-11-29-5-3-7-31-17-24-41(37)49(33)47(29)31)27-43(38)39-23-16-34-14-12-30-6-4-8-32-18-25-42(39)50(34)48(30)32/h1-28H/i1D,2D,9D,10D,20D,26D,28D. The van der Waals surface area contributed by atoms with Crippen molar-refractivity contribution in [2.45, 2.75) is 0 Å². The lowest BCUT2D eigenvalue weighted by Crippen LogP contribution is -1.92. The zero-order valence-corrected chi connectivity index (χ0v) is 27.8. The number of hydrogen-bond donors (Lipinski definition) is 0. The summed E-state index contributed by atoms with van der Waals surface area (Å²) >= 11 is 1.06. The molecule has 0 nitrogen and oxygen atoms in total. The van der Waals surface area contributed by atoms with Crippen LogP contribution in [-0.4, -0.2) is 0 Å². The van der Waals surface area contributed by atoms with Gasteiger partial charge < -0.3 is 0 Å². The largest absolute Gasteiger partial charge is 0.135 e. The molecule has 1 aromatic heterocycles. The molecule has 11 aromatic carbocycles. The lowest BCUT2D eigenvalue weighted by molar-refractivity contribution is 1.61. The molecule has 51 heavy (non-hydrogen) atoms. The van der Waals surface area contributed by atoms with Crippen LogP contribution in [0.25, 0.3) is 118 Å². The van der Waals surface area contributed by atoms with Gasteiger partial charge in [0, 0.05) is 20.2 Å². The molecule has 12 aromatic rings. The Hall–Kier alpha value is -6.28. The normalized spacial score (nSPS) is 14.2. The van der Waals surface area contributed by atoms with Crippen molar-refractivity contribution >= 4 is 96.1 Å². The minimum Gasteiger partial charge on any atom is -0.135 e. The van der Waals surface area contributed by atoms with E-state index in [1.165, 1.54) is 32.3 Å². The van der Waals surface area contributed by atoms with Gasteiger partial charge in [-0.3, -0.25) is 0 Å². The van der Waals surface area contributed by atoms with Gasteiger partial charge in [-0.15, -0.1) is 11.3 Å². The maximum Gasteiger partial charge on any atom is 0.0638 e. The summed E-state index contributed by atoms with van der Waals surface area (Å²) in [6.07, 6.45) is 0. The number of rotatable bonds is 3. The summed E-state index contributed by atoms with van der Waals surface area (Å²) in [5, 5.41) is 14.4. The van der Waals surface area contributed by atoms with Crippen molar-refractivity contribution in [3.8, 4) is 33.4 Å². The zero-order valence-electron chi connectivity index (χ0n) is 34.0. The molecule has 0 amide bonds. The van der Waals surface area contributed by atoms with E-state index in [4.69, 9.17) is 5.48 Å². The van der Waals surface area contributed by atoms with Gasteiger partial charge in [-0.2, -0.15) is 0 Å². The second kappa shape index (κ2) is 10.1. The lowest BCUT2D eigenvalue weighted by atomic mass is 9.84. The molecule has 0 atom stereocenters. The Labute approximate surface area is 307 Å². The molecule has 0 aliphatic rings. The molecule has 1 heterocycles. The highest BCUT2D eigenvalue weighted by molar-refractivity contribution is 7.25. The fourth-order valence-corrected chi connectivity index (χ4v) is 9.47. The Bertz CT molecular complexity index is 3740. The molecular formula is C50H28S. The minimum atomic E-state index is -0.383. The van der Waals surface area contributed by atoms with E-state index >= 15 is 0 Å². The molecule has 0 N–H and O–H groups in total. The van der Waals surface area contributed by atoms with Gasteiger partial charge in [0.2, 0.25) is 0 Å². The van der Waals surface area contributed by atoms with Crippen molar-refractivity contribution in [2.75, 3.05) is 0 Å². The number of benzene rings is 11. The van der Waals surface area contributed by atoms with Crippen LogP contribution in [0.5, 0.6) is 0 Å². The van der Waals surface area contributed by atoms with Crippen molar-refractivity contribution in [3.63, 3.8) is 0 Å². The van der Waals surface area contributed by atoms with E-state index in [1.54, 1.807) is 0 Å². The third-order valence-electron chi connectivity index (χ3n) is 10.8. The highest BCUT2D eigenvalue weighted by Gasteiger charge is 2.19. The van der Waals surface area contributed by atoms with Gasteiger partial charge in [0.1, 0.15) is 0 Å². The summed E-state index contributed by atoms with van der Waals surface area (Å²) in [6, 6.07) is 43.5. The monoisotopic (exact) mass is 667 g/mol. The Morgan fingerprint density at radius 1 is 0.353 bits per heavy atom. The SMILES string of the molecule is [2H]c1c([2H])c([2H])c2c(sc3c([2H])c([2H])c(-c4ccc(-c5ccc6ccc7cccc8ccc5c6c78)cc4-c4ccc5ccc6cccc7ccc4c5c67)c([2H])c32)c1[2H]. The van der Waals surface area contributed by atoms with Crippen LogP contribution >= 0.6 is 11.3 Å². The first-order valence-corrected chi connectivity index (χ1v) is 17.9. The van der Waals surface area contributed by atoms with Crippen LogP contribution in [0.15, 0.2) is 170 Å². The fourth-order valence-electron chi connectivity index (χ4n) is 8.55. The molecule has 0 spiro atoms. The van der Waals surface area contributed by atoms with Gasteiger partial charge in [0.25, 0.3) is 0 Å². The quantitative estimate of drug-likeness (QED) is 0.165. The fraction of sp³-hybridized carbons (Fsp3) is 0. The number of thiophene rings is 1.